The minimum absolute atomic E-state index is 0.0885. The smallest absolute Gasteiger partial charge is 0.347 e. The van der Waals surface area contributed by atoms with Crippen molar-refractivity contribution >= 4 is 27.3 Å². The Morgan fingerprint density at radius 2 is 2.20 bits per heavy atom. The highest BCUT2D eigenvalue weighted by Gasteiger charge is 2.34. The van der Waals surface area contributed by atoms with Gasteiger partial charge in [0.1, 0.15) is 9.77 Å². The van der Waals surface area contributed by atoms with Crippen molar-refractivity contribution in [2.75, 3.05) is 27.2 Å². The Kier molecular flexibility index (Phi) is 4.48. The van der Waals surface area contributed by atoms with Crippen molar-refractivity contribution in [1.82, 2.24) is 9.21 Å². The number of carboxylic acids is 1. The molecule has 0 radical (unpaired) electrons. The molecule has 0 amide bonds. The number of thiophene rings is 1. The van der Waals surface area contributed by atoms with E-state index in [-0.39, 0.29) is 15.8 Å². The molecular weight excluding hydrogens is 300 g/mol. The van der Waals surface area contributed by atoms with Crippen LogP contribution in [0.15, 0.2) is 16.3 Å². The van der Waals surface area contributed by atoms with Crippen LogP contribution in [-0.4, -0.2) is 61.9 Å². The molecule has 0 aromatic carbocycles. The summed E-state index contributed by atoms with van der Waals surface area (Å²) in [6.45, 7) is 0.853. The van der Waals surface area contributed by atoms with E-state index in [9.17, 15) is 13.2 Å². The van der Waals surface area contributed by atoms with Crippen molar-refractivity contribution in [1.29, 1.82) is 0 Å². The Balaban J connectivity index is 2.30. The number of sulfonamides is 1. The van der Waals surface area contributed by atoms with Gasteiger partial charge in [0.05, 0.1) is 0 Å². The number of piperidine rings is 1. The fraction of sp³-hybridized carbons (Fsp3) is 0.583. The van der Waals surface area contributed by atoms with Crippen LogP contribution in [0.1, 0.15) is 22.5 Å². The third-order valence-corrected chi connectivity index (χ3v) is 6.47. The average molecular weight is 318 g/mol. The van der Waals surface area contributed by atoms with E-state index in [2.05, 4.69) is 0 Å². The molecule has 0 spiro atoms. The van der Waals surface area contributed by atoms with Gasteiger partial charge < -0.3 is 10.0 Å². The highest BCUT2D eigenvalue weighted by Crippen LogP contribution is 2.27. The largest absolute Gasteiger partial charge is 0.477 e. The summed E-state index contributed by atoms with van der Waals surface area (Å²) in [6, 6.07) is 1.55. The van der Waals surface area contributed by atoms with Gasteiger partial charge in [-0.1, -0.05) is 0 Å². The zero-order valence-corrected chi connectivity index (χ0v) is 13.1. The predicted molar refractivity (Wildman–Crippen MR) is 76.7 cm³/mol. The second-order valence-electron chi connectivity index (χ2n) is 5.04. The fourth-order valence-electron chi connectivity index (χ4n) is 2.36. The summed E-state index contributed by atoms with van der Waals surface area (Å²) in [5, 5.41) is 10.6. The highest BCUT2D eigenvalue weighted by atomic mass is 32.2. The van der Waals surface area contributed by atoms with E-state index in [1.54, 1.807) is 0 Å². The van der Waals surface area contributed by atoms with Gasteiger partial charge in [-0.15, -0.1) is 11.3 Å². The van der Waals surface area contributed by atoms with E-state index in [1.165, 1.54) is 15.8 Å². The lowest BCUT2D eigenvalue weighted by atomic mass is 10.1. The average Bonchev–Trinajstić information content (AvgIpc) is 2.89. The quantitative estimate of drug-likeness (QED) is 0.901. The van der Waals surface area contributed by atoms with Crippen molar-refractivity contribution in [2.24, 2.45) is 0 Å². The molecule has 1 fully saturated rings. The normalized spacial score (nSPS) is 21.2. The van der Waals surface area contributed by atoms with E-state index in [4.69, 9.17) is 5.11 Å². The van der Waals surface area contributed by atoms with Crippen LogP contribution in [0.25, 0.3) is 0 Å². The summed E-state index contributed by atoms with van der Waals surface area (Å²) in [5.74, 6) is -1.19. The number of carboxylic acid groups (broad SMARTS) is 1. The first-order valence-electron chi connectivity index (χ1n) is 6.31. The van der Waals surface area contributed by atoms with Gasteiger partial charge in [0.15, 0.2) is 0 Å². The Labute approximate surface area is 122 Å². The zero-order chi connectivity index (χ0) is 14.9. The lowest BCUT2D eigenvalue weighted by molar-refractivity contribution is 0.0698. The first-order valence-corrected chi connectivity index (χ1v) is 8.63. The Hall–Kier alpha value is -0.960. The van der Waals surface area contributed by atoms with Crippen molar-refractivity contribution < 1.29 is 18.3 Å². The molecule has 6 nitrogen and oxygen atoms in total. The maximum atomic E-state index is 12.6. The van der Waals surface area contributed by atoms with Crippen molar-refractivity contribution in [3.8, 4) is 0 Å². The topological polar surface area (TPSA) is 77.9 Å². The molecule has 1 saturated heterocycles. The second-order valence-corrected chi connectivity index (χ2v) is 7.86. The van der Waals surface area contributed by atoms with E-state index < -0.39 is 16.0 Å². The molecule has 0 saturated carbocycles. The van der Waals surface area contributed by atoms with Crippen molar-refractivity contribution in [3.05, 3.63) is 16.3 Å². The van der Waals surface area contributed by atoms with Crippen molar-refractivity contribution in [3.63, 3.8) is 0 Å². The molecule has 2 heterocycles. The molecule has 1 aliphatic heterocycles. The van der Waals surface area contributed by atoms with Crippen LogP contribution in [0.4, 0.5) is 0 Å². The van der Waals surface area contributed by atoms with Crippen LogP contribution >= 0.6 is 11.3 Å². The number of likely N-dealkylation sites (N-methyl/N-ethyl adjacent to an activating group) is 1. The molecule has 2 rings (SSSR count). The molecule has 1 atom stereocenters. The number of aromatic carboxylic acids is 1. The predicted octanol–water partition coefficient (Wildman–Crippen LogP) is 1.16. The summed E-state index contributed by atoms with van der Waals surface area (Å²) in [7, 11) is 0.125. The van der Waals surface area contributed by atoms with Crippen LogP contribution in [-0.2, 0) is 10.0 Å². The second kappa shape index (κ2) is 5.80. The van der Waals surface area contributed by atoms with Gasteiger partial charge in [-0.2, -0.15) is 4.31 Å². The summed E-state index contributed by atoms with van der Waals surface area (Å²) in [4.78, 5) is 12.9. The van der Waals surface area contributed by atoms with Gasteiger partial charge in [-0.25, -0.2) is 13.2 Å². The fourth-order valence-corrected chi connectivity index (χ4v) is 5.11. The van der Waals surface area contributed by atoms with Crippen LogP contribution in [0.5, 0.6) is 0 Å². The van der Waals surface area contributed by atoms with Gasteiger partial charge in [0.2, 0.25) is 10.0 Å². The van der Waals surface area contributed by atoms with E-state index in [1.807, 2.05) is 19.0 Å². The molecule has 0 aliphatic carbocycles. The Morgan fingerprint density at radius 3 is 2.80 bits per heavy atom. The molecular formula is C12H18N2O4S2. The Morgan fingerprint density at radius 1 is 1.50 bits per heavy atom. The van der Waals surface area contributed by atoms with Gasteiger partial charge in [-0.05, 0) is 38.4 Å². The van der Waals surface area contributed by atoms with Gasteiger partial charge >= 0.3 is 5.97 Å². The van der Waals surface area contributed by atoms with E-state index in [0.717, 1.165) is 24.2 Å². The van der Waals surface area contributed by atoms with Gasteiger partial charge in [0, 0.05) is 19.1 Å². The molecule has 1 unspecified atom stereocenters. The van der Waals surface area contributed by atoms with Crippen LogP contribution in [0.3, 0.4) is 0 Å². The van der Waals surface area contributed by atoms with Crippen molar-refractivity contribution in [2.45, 2.75) is 23.8 Å². The highest BCUT2D eigenvalue weighted by molar-refractivity contribution is 7.89. The van der Waals surface area contributed by atoms with Crippen LogP contribution in [0.2, 0.25) is 0 Å². The summed E-state index contributed by atoms with van der Waals surface area (Å²) in [6.07, 6.45) is 1.74. The molecule has 1 N–H and O–H groups in total. The number of nitrogens with zero attached hydrogens (tertiary/aromatic N) is 2. The molecule has 1 aromatic rings. The Bertz CT molecular complexity index is 594. The van der Waals surface area contributed by atoms with Gasteiger partial charge in [-0.3, -0.25) is 0 Å². The molecule has 1 aliphatic rings. The molecule has 8 heteroatoms. The minimum atomic E-state index is -3.72. The number of hydrogen-bond donors (Lipinski definition) is 1. The standard InChI is InChI=1S/C12H18N2O4S2/c1-13(2)9-4-3-6-14(8-9)20(17,18)10-5-7-19-11(10)12(15)16/h5,7,9H,3-4,6,8H2,1-2H3,(H,15,16). The third-order valence-electron chi connectivity index (χ3n) is 3.53. The third kappa shape index (κ3) is 2.88. The first kappa shape index (κ1) is 15.4. The molecule has 0 bridgehead atoms. The zero-order valence-electron chi connectivity index (χ0n) is 11.4. The lowest BCUT2D eigenvalue weighted by Crippen LogP contribution is -2.47. The summed E-state index contributed by atoms with van der Waals surface area (Å²) in [5.41, 5.74) is 0. The maximum absolute atomic E-state index is 12.6. The lowest BCUT2D eigenvalue weighted by Gasteiger charge is -2.35. The maximum Gasteiger partial charge on any atom is 0.347 e. The minimum Gasteiger partial charge on any atom is -0.477 e. The monoisotopic (exact) mass is 318 g/mol. The first-order chi connectivity index (χ1) is 9.34. The number of carbonyl (C=O) groups is 1. The molecule has 112 valence electrons. The van der Waals surface area contributed by atoms with Crippen LogP contribution in [0, 0.1) is 0 Å². The SMILES string of the molecule is CN(C)C1CCCN(S(=O)(=O)c2ccsc2C(=O)O)C1. The van der Waals surface area contributed by atoms with Crippen LogP contribution < -0.4 is 0 Å². The number of rotatable bonds is 4. The van der Waals surface area contributed by atoms with E-state index in [0.29, 0.717) is 13.1 Å². The number of hydrogen-bond acceptors (Lipinski definition) is 5. The van der Waals surface area contributed by atoms with E-state index >= 15 is 0 Å². The summed E-state index contributed by atoms with van der Waals surface area (Å²) < 4.78 is 26.6. The summed E-state index contributed by atoms with van der Waals surface area (Å²) >= 11 is 0.940. The molecule has 20 heavy (non-hydrogen) atoms. The van der Waals surface area contributed by atoms with Gasteiger partial charge in [0.25, 0.3) is 0 Å². The molecule has 1 aromatic heterocycles.